The Kier molecular flexibility index (Phi) is 6.35. The molecular weight excluding hydrogens is 482 g/mol. The van der Waals surface area contributed by atoms with Gasteiger partial charge in [0.15, 0.2) is 11.5 Å². The summed E-state index contributed by atoms with van der Waals surface area (Å²) < 4.78 is 13.3. The summed E-state index contributed by atoms with van der Waals surface area (Å²) in [4.78, 5) is 33.1. The van der Waals surface area contributed by atoms with Crippen LogP contribution in [0.25, 0.3) is 11.7 Å². The van der Waals surface area contributed by atoms with E-state index in [1.54, 1.807) is 42.6 Å². The zero-order chi connectivity index (χ0) is 24.4. The van der Waals surface area contributed by atoms with E-state index in [-0.39, 0.29) is 22.9 Å². The number of carbonyl (C=O) groups is 1. The zero-order valence-electron chi connectivity index (χ0n) is 18.6. The molecule has 0 aliphatic carbocycles. The standard InChI is InChI=1S/C26H19N3O4S2/c1-32-19-11-5-6-12-20(19)33-23-18(24(30)28-14-8-7-13-22(28)27-23)15-21-25(31)29(26(34)35-21)16-17-9-3-2-4-10-17/h2-15H,16H2,1H3/b21-15+. The molecule has 0 spiro atoms. The number of thiocarbonyl (C=S) groups is 1. The summed E-state index contributed by atoms with van der Waals surface area (Å²) in [5.74, 6) is 0.680. The number of pyridine rings is 1. The lowest BCUT2D eigenvalue weighted by Crippen LogP contribution is -2.27. The summed E-state index contributed by atoms with van der Waals surface area (Å²) in [6, 6.07) is 21.9. The third-order valence-corrected chi connectivity index (χ3v) is 6.72. The Labute approximate surface area is 210 Å². The lowest BCUT2D eigenvalue weighted by molar-refractivity contribution is -0.122. The molecule has 5 rings (SSSR count). The molecule has 1 amide bonds. The second kappa shape index (κ2) is 9.73. The molecule has 1 aliphatic rings. The Hall–Kier alpha value is -3.95. The number of para-hydroxylation sites is 2. The molecule has 4 aromatic rings. The smallest absolute Gasteiger partial charge is 0.269 e. The molecule has 174 valence electrons. The maximum absolute atomic E-state index is 13.4. The highest BCUT2D eigenvalue weighted by Crippen LogP contribution is 2.36. The van der Waals surface area contributed by atoms with Gasteiger partial charge in [-0.05, 0) is 35.9 Å². The number of thioether (sulfide) groups is 1. The molecule has 0 N–H and O–H groups in total. The van der Waals surface area contributed by atoms with Crippen molar-refractivity contribution in [1.29, 1.82) is 0 Å². The highest BCUT2D eigenvalue weighted by molar-refractivity contribution is 8.26. The molecule has 0 atom stereocenters. The number of methoxy groups -OCH3 is 1. The molecule has 1 fully saturated rings. The van der Waals surface area contributed by atoms with Gasteiger partial charge in [0, 0.05) is 6.20 Å². The fourth-order valence-corrected chi connectivity index (χ4v) is 4.86. The predicted molar refractivity (Wildman–Crippen MR) is 140 cm³/mol. The van der Waals surface area contributed by atoms with Crippen LogP contribution in [0, 0.1) is 0 Å². The number of aromatic nitrogens is 2. The first-order valence-corrected chi connectivity index (χ1v) is 11.9. The Bertz CT molecular complexity index is 1530. The van der Waals surface area contributed by atoms with Crippen molar-refractivity contribution in [2.45, 2.75) is 6.54 Å². The van der Waals surface area contributed by atoms with Crippen molar-refractivity contribution in [2.24, 2.45) is 0 Å². The summed E-state index contributed by atoms with van der Waals surface area (Å²) in [6.45, 7) is 0.350. The van der Waals surface area contributed by atoms with Gasteiger partial charge in [-0.1, -0.05) is 72.5 Å². The van der Waals surface area contributed by atoms with Gasteiger partial charge in [-0.15, -0.1) is 0 Å². The third kappa shape index (κ3) is 4.55. The molecule has 2 aromatic carbocycles. The largest absolute Gasteiger partial charge is 0.493 e. The zero-order valence-corrected chi connectivity index (χ0v) is 20.2. The van der Waals surface area contributed by atoms with Gasteiger partial charge in [0.05, 0.1) is 18.6 Å². The van der Waals surface area contributed by atoms with Gasteiger partial charge in [0.2, 0.25) is 5.88 Å². The highest BCUT2D eigenvalue weighted by Gasteiger charge is 2.33. The minimum atomic E-state index is -0.367. The Morgan fingerprint density at radius 2 is 1.69 bits per heavy atom. The molecule has 0 unspecified atom stereocenters. The summed E-state index contributed by atoms with van der Waals surface area (Å²) in [6.07, 6.45) is 3.12. The average Bonchev–Trinajstić information content (AvgIpc) is 3.14. The van der Waals surface area contributed by atoms with Gasteiger partial charge >= 0.3 is 0 Å². The number of hydrogen-bond donors (Lipinski definition) is 0. The predicted octanol–water partition coefficient (Wildman–Crippen LogP) is 4.90. The van der Waals surface area contributed by atoms with Crippen LogP contribution in [0.5, 0.6) is 17.4 Å². The van der Waals surface area contributed by atoms with Crippen LogP contribution in [-0.2, 0) is 11.3 Å². The van der Waals surface area contributed by atoms with E-state index < -0.39 is 0 Å². The van der Waals surface area contributed by atoms with Crippen LogP contribution in [-0.4, -0.2) is 31.6 Å². The number of amides is 1. The number of hydrogen-bond acceptors (Lipinski definition) is 7. The minimum absolute atomic E-state index is 0.0685. The van der Waals surface area contributed by atoms with E-state index in [9.17, 15) is 9.59 Å². The summed E-state index contributed by atoms with van der Waals surface area (Å²) in [5.41, 5.74) is 1.14. The van der Waals surface area contributed by atoms with E-state index >= 15 is 0 Å². The topological polar surface area (TPSA) is 73.1 Å². The van der Waals surface area contributed by atoms with Gasteiger partial charge in [-0.3, -0.25) is 18.9 Å². The van der Waals surface area contributed by atoms with Crippen LogP contribution < -0.4 is 15.0 Å². The SMILES string of the molecule is COc1ccccc1Oc1nc2ccccn2c(=O)c1/C=C1/SC(=S)N(Cc2ccccc2)C1=O. The first kappa shape index (κ1) is 22.8. The second-order valence-corrected chi connectivity index (χ2v) is 9.25. The van der Waals surface area contributed by atoms with Crippen LogP contribution in [0.2, 0.25) is 0 Å². The number of fused-ring (bicyclic) bond motifs is 1. The van der Waals surface area contributed by atoms with E-state index in [0.29, 0.717) is 32.9 Å². The molecule has 0 saturated carbocycles. The maximum atomic E-state index is 13.4. The van der Waals surface area contributed by atoms with Crippen LogP contribution in [0.3, 0.4) is 0 Å². The van der Waals surface area contributed by atoms with Crippen molar-refractivity contribution in [2.75, 3.05) is 7.11 Å². The van der Waals surface area contributed by atoms with Crippen LogP contribution in [0.4, 0.5) is 0 Å². The second-order valence-electron chi connectivity index (χ2n) is 7.57. The molecular formula is C26H19N3O4S2. The van der Waals surface area contributed by atoms with Gasteiger partial charge < -0.3 is 9.47 Å². The molecule has 1 saturated heterocycles. The molecule has 0 radical (unpaired) electrons. The van der Waals surface area contributed by atoms with Crippen LogP contribution in [0.15, 0.2) is 88.7 Å². The Morgan fingerprint density at radius 1 is 0.971 bits per heavy atom. The van der Waals surface area contributed by atoms with Gasteiger partial charge in [-0.25, -0.2) is 0 Å². The number of nitrogens with zero attached hydrogens (tertiary/aromatic N) is 3. The first-order chi connectivity index (χ1) is 17.0. The van der Waals surface area contributed by atoms with E-state index in [1.807, 2.05) is 36.4 Å². The van der Waals surface area contributed by atoms with Crippen molar-refractivity contribution in [3.8, 4) is 17.4 Å². The van der Waals surface area contributed by atoms with Crippen molar-refractivity contribution < 1.29 is 14.3 Å². The highest BCUT2D eigenvalue weighted by atomic mass is 32.2. The average molecular weight is 502 g/mol. The van der Waals surface area contributed by atoms with E-state index in [1.165, 1.54) is 22.5 Å². The fraction of sp³-hybridized carbons (Fsp3) is 0.0769. The quantitative estimate of drug-likeness (QED) is 0.275. The molecule has 35 heavy (non-hydrogen) atoms. The van der Waals surface area contributed by atoms with Crippen LogP contribution >= 0.6 is 24.0 Å². The van der Waals surface area contributed by atoms with Gasteiger partial charge in [0.1, 0.15) is 15.5 Å². The monoisotopic (exact) mass is 501 g/mol. The fourth-order valence-electron chi connectivity index (χ4n) is 3.62. The van der Waals surface area contributed by atoms with Crippen molar-refractivity contribution >= 4 is 45.9 Å². The summed E-state index contributed by atoms with van der Waals surface area (Å²) in [5, 5.41) is 0. The van der Waals surface area contributed by atoms with E-state index in [4.69, 9.17) is 21.7 Å². The number of ether oxygens (including phenoxy) is 2. The molecule has 1 aliphatic heterocycles. The number of rotatable bonds is 6. The van der Waals surface area contributed by atoms with Crippen molar-refractivity contribution in [3.05, 3.63) is 105 Å². The van der Waals surface area contributed by atoms with E-state index in [2.05, 4.69) is 4.98 Å². The molecule has 2 aromatic heterocycles. The van der Waals surface area contributed by atoms with Crippen molar-refractivity contribution in [3.63, 3.8) is 0 Å². The molecule has 7 nitrogen and oxygen atoms in total. The van der Waals surface area contributed by atoms with Gasteiger partial charge in [0.25, 0.3) is 11.5 Å². The Morgan fingerprint density at radius 3 is 2.46 bits per heavy atom. The Balaban J connectivity index is 1.58. The summed E-state index contributed by atoms with van der Waals surface area (Å²) >= 11 is 6.62. The minimum Gasteiger partial charge on any atom is -0.493 e. The lowest BCUT2D eigenvalue weighted by atomic mass is 10.2. The van der Waals surface area contributed by atoms with Gasteiger partial charge in [-0.2, -0.15) is 4.98 Å². The lowest BCUT2D eigenvalue weighted by Gasteiger charge is -2.14. The normalized spacial score (nSPS) is 14.7. The molecule has 0 bridgehead atoms. The molecule has 9 heteroatoms. The third-order valence-electron chi connectivity index (χ3n) is 5.34. The van der Waals surface area contributed by atoms with Crippen molar-refractivity contribution in [1.82, 2.24) is 14.3 Å². The first-order valence-electron chi connectivity index (χ1n) is 10.7. The summed E-state index contributed by atoms with van der Waals surface area (Å²) in [7, 11) is 1.53. The van der Waals surface area contributed by atoms with E-state index in [0.717, 1.165) is 17.3 Å². The maximum Gasteiger partial charge on any atom is 0.269 e. The molecule has 3 heterocycles. The van der Waals surface area contributed by atoms with Crippen LogP contribution in [0.1, 0.15) is 11.1 Å². The number of benzene rings is 2. The number of carbonyl (C=O) groups excluding carboxylic acids is 1.